The topological polar surface area (TPSA) is 33.1 Å². The Kier molecular flexibility index (Phi) is 4.78. The van der Waals surface area contributed by atoms with E-state index < -0.39 is 0 Å². The lowest BCUT2D eigenvalue weighted by molar-refractivity contribution is 0.498. The second kappa shape index (κ2) is 6.96. The second-order valence-electron chi connectivity index (χ2n) is 5.50. The molecule has 1 saturated heterocycles. The van der Waals surface area contributed by atoms with Gasteiger partial charge in [-0.15, -0.1) is 0 Å². The minimum absolute atomic E-state index is 0.589. The number of anilines is 1. The minimum Gasteiger partial charge on any atom is -0.370 e. The van der Waals surface area contributed by atoms with Crippen molar-refractivity contribution in [2.24, 2.45) is 0 Å². The van der Waals surface area contributed by atoms with Gasteiger partial charge in [-0.05, 0) is 31.5 Å². The molecule has 0 spiro atoms. The lowest BCUT2D eigenvalue weighted by Crippen LogP contribution is -2.33. The number of nitrogens with zero attached hydrogens (tertiary/aromatic N) is 3. The van der Waals surface area contributed by atoms with Crippen molar-refractivity contribution in [3.63, 3.8) is 0 Å². The number of aromatic nitrogens is 2. The van der Waals surface area contributed by atoms with Crippen molar-refractivity contribution in [2.75, 3.05) is 24.5 Å². The quantitative estimate of drug-likeness (QED) is 0.833. The summed E-state index contributed by atoms with van der Waals surface area (Å²) >= 11 is 5.85. The number of rotatable bonds is 6. The van der Waals surface area contributed by atoms with Crippen molar-refractivity contribution in [3.05, 3.63) is 47.7 Å². The van der Waals surface area contributed by atoms with Crippen LogP contribution in [0, 0.1) is 0 Å². The predicted octanol–water partition coefficient (Wildman–Crippen LogP) is 2.80. The molecule has 112 valence electrons. The van der Waals surface area contributed by atoms with E-state index >= 15 is 0 Å². The molecule has 0 amide bonds. The van der Waals surface area contributed by atoms with Crippen LogP contribution < -0.4 is 10.2 Å². The lowest BCUT2D eigenvalue weighted by Gasteiger charge is -2.19. The minimum atomic E-state index is 0.589. The van der Waals surface area contributed by atoms with Crippen molar-refractivity contribution in [1.82, 2.24) is 15.1 Å². The van der Waals surface area contributed by atoms with Gasteiger partial charge in [0.2, 0.25) is 0 Å². The van der Waals surface area contributed by atoms with Crippen molar-refractivity contribution < 1.29 is 0 Å². The zero-order valence-corrected chi connectivity index (χ0v) is 12.8. The van der Waals surface area contributed by atoms with E-state index in [-0.39, 0.29) is 0 Å². The first-order chi connectivity index (χ1) is 10.3. The smallest absolute Gasteiger partial charge is 0.0785 e. The third-order valence-electron chi connectivity index (χ3n) is 3.91. The molecule has 3 rings (SSSR count). The molecule has 4 nitrogen and oxygen atoms in total. The number of halogens is 1. The van der Waals surface area contributed by atoms with Gasteiger partial charge in [-0.1, -0.05) is 29.8 Å². The van der Waals surface area contributed by atoms with Gasteiger partial charge in [0.15, 0.2) is 0 Å². The molecule has 5 heteroatoms. The Bertz CT molecular complexity index is 554. The van der Waals surface area contributed by atoms with Crippen LogP contribution in [0.5, 0.6) is 0 Å². The Morgan fingerprint density at radius 2 is 2.14 bits per heavy atom. The molecule has 0 bridgehead atoms. The van der Waals surface area contributed by atoms with Crippen molar-refractivity contribution in [1.29, 1.82) is 0 Å². The molecule has 2 heterocycles. The highest BCUT2D eigenvalue weighted by molar-refractivity contribution is 6.30. The molecule has 2 aromatic rings. The Morgan fingerprint density at radius 1 is 1.29 bits per heavy atom. The maximum atomic E-state index is 5.85. The van der Waals surface area contributed by atoms with E-state index in [1.54, 1.807) is 6.20 Å². The molecular formula is C16H21ClN4. The molecule has 1 aliphatic rings. The SMILES string of the molecule is Clc1cnn(CCCN[C@@H]2CCN(c3ccccc3)C2)c1. The summed E-state index contributed by atoms with van der Waals surface area (Å²) in [6.45, 7) is 4.16. The van der Waals surface area contributed by atoms with E-state index in [0.717, 1.165) is 32.6 Å². The van der Waals surface area contributed by atoms with E-state index in [9.17, 15) is 0 Å². The van der Waals surface area contributed by atoms with Gasteiger partial charge in [0.05, 0.1) is 11.2 Å². The summed E-state index contributed by atoms with van der Waals surface area (Å²) in [4.78, 5) is 2.45. The number of benzene rings is 1. The average molecular weight is 305 g/mol. The molecule has 1 aromatic carbocycles. The highest BCUT2D eigenvalue weighted by Crippen LogP contribution is 2.19. The van der Waals surface area contributed by atoms with Gasteiger partial charge in [-0.3, -0.25) is 4.68 Å². The summed E-state index contributed by atoms with van der Waals surface area (Å²) in [5.74, 6) is 0. The normalized spacial score (nSPS) is 18.3. The van der Waals surface area contributed by atoms with Crippen LogP contribution in [0.4, 0.5) is 5.69 Å². The predicted molar refractivity (Wildman–Crippen MR) is 86.9 cm³/mol. The van der Waals surface area contributed by atoms with Crippen LogP contribution in [0.15, 0.2) is 42.7 Å². The van der Waals surface area contributed by atoms with Crippen LogP contribution in [0.25, 0.3) is 0 Å². The van der Waals surface area contributed by atoms with Crippen LogP contribution in [0.2, 0.25) is 5.02 Å². The first-order valence-electron chi connectivity index (χ1n) is 7.52. The molecule has 0 aliphatic carbocycles. The zero-order chi connectivity index (χ0) is 14.5. The fraction of sp³-hybridized carbons (Fsp3) is 0.438. The highest BCUT2D eigenvalue weighted by atomic mass is 35.5. The number of hydrogen-bond donors (Lipinski definition) is 1. The van der Waals surface area contributed by atoms with Crippen LogP contribution in [0.3, 0.4) is 0 Å². The third-order valence-corrected chi connectivity index (χ3v) is 4.10. The van der Waals surface area contributed by atoms with Crippen molar-refractivity contribution in [3.8, 4) is 0 Å². The fourth-order valence-corrected chi connectivity index (χ4v) is 2.96. The maximum Gasteiger partial charge on any atom is 0.0785 e. The zero-order valence-electron chi connectivity index (χ0n) is 12.1. The van der Waals surface area contributed by atoms with Gasteiger partial charge in [-0.25, -0.2) is 0 Å². The van der Waals surface area contributed by atoms with E-state index in [1.807, 2.05) is 10.9 Å². The van der Waals surface area contributed by atoms with Crippen LogP contribution in [-0.2, 0) is 6.54 Å². The standard InChI is InChI=1S/C16H21ClN4/c17-14-11-19-21(12-14)9-4-8-18-15-7-10-20(13-15)16-5-2-1-3-6-16/h1-3,5-6,11-12,15,18H,4,7-10,13H2/t15-/m1/s1. The molecule has 1 aliphatic heterocycles. The van der Waals surface area contributed by atoms with E-state index in [1.165, 1.54) is 12.1 Å². The Hall–Kier alpha value is -1.52. The van der Waals surface area contributed by atoms with Crippen LogP contribution in [0.1, 0.15) is 12.8 Å². The number of para-hydroxylation sites is 1. The first kappa shape index (κ1) is 14.4. The summed E-state index contributed by atoms with van der Waals surface area (Å²) in [7, 11) is 0. The molecule has 1 fully saturated rings. The molecule has 21 heavy (non-hydrogen) atoms. The van der Waals surface area contributed by atoms with Crippen molar-refractivity contribution >= 4 is 17.3 Å². The fourth-order valence-electron chi connectivity index (χ4n) is 2.81. The molecular weight excluding hydrogens is 284 g/mol. The van der Waals surface area contributed by atoms with Crippen molar-refractivity contribution in [2.45, 2.75) is 25.4 Å². The highest BCUT2D eigenvalue weighted by Gasteiger charge is 2.21. The molecule has 0 saturated carbocycles. The van der Waals surface area contributed by atoms with Gasteiger partial charge in [0.1, 0.15) is 0 Å². The third kappa shape index (κ3) is 3.99. The summed E-state index contributed by atoms with van der Waals surface area (Å²) in [5, 5.41) is 8.53. The molecule has 1 N–H and O–H groups in total. The molecule has 1 atom stereocenters. The monoisotopic (exact) mass is 304 g/mol. The van der Waals surface area contributed by atoms with E-state index in [4.69, 9.17) is 11.6 Å². The molecule has 0 radical (unpaired) electrons. The van der Waals surface area contributed by atoms with Gasteiger partial charge in [0.25, 0.3) is 0 Å². The van der Waals surface area contributed by atoms with Gasteiger partial charge >= 0.3 is 0 Å². The Balaban J connectivity index is 1.37. The Labute approximate surface area is 130 Å². The van der Waals surface area contributed by atoms with Gasteiger partial charge in [-0.2, -0.15) is 5.10 Å². The largest absolute Gasteiger partial charge is 0.370 e. The van der Waals surface area contributed by atoms with Crippen LogP contribution >= 0.6 is 11.6 Å². The van der Waals surface area contributed by atoms with Crippen LogP contribution in [-0.4, -0.2) is 35.5 Å². The van der Waals surface area contributed by atoms with Gasteiger partial charge in [0, 0.05) is 37.6 Å². The molecule has 1 aromatic heterocycles. The summed E-state index contributed by atoms with van der Waals surface area (Å²) in [6.07, 6.45) is 5.83. The summed E-state index contributed by atoms with van der Waals surface area (Å²) < 4.78 is 1.90. The number of hydrogen-bond acceptors (Lipinski definition) is 3. The second-order valence-corrected chi connectivity index (χ2v) is 5.93. The first-order valence-corrected chi connectivity index (χ1v) is 7.90. The van der Waals surface area contributed by atoms with Gasteiger partial charge < -0.3 is 10.2 Å². The molecule has 0 unspecified atom stereocenters. The number of aryl methyl sites for hydroxylation is 1. The average Bonchev–Trinajstić information content (AvgIpc) is 3.14. The number of nitrogens with one attached hydrogen (secondary N) is 1. The lowest BCUT2D eigenvalue weighted by atomic mass is 10.2. The summed E-state index contributed by atoms with van der Waals surface area (Å²) in [6, 6.07) is 11.2. The maximum absolute atomic E-state index is 5.85. The van der Waals surface area contributed by atoms with E-state index in [0.29, 0.717) is 11.1 Å². The summed E-state index contributed by atoms with van der Waals surface area (Å²) in [5.41, 5.74) is 1.33. The Morgan fingerprint density at radius 3 is 2.90 bits per heavy atom. The van der Waals surface area contributed by atoms with E-state index in [2.05, 4.69) is 45.6 Å².